The van der Waals surface area contributed by atoms with Crippen LogP contribution in [0.2, 0.25) is 0 Å². The summed E-state index contributed by atoms with van der Waals surface area (Å²) in [5.74, 6) is 0.420. The van der Waals surface area contributed by atoms with Crippen molar-refractivity contribution < 1.29 is 9.53 Å². The van der Waals surface area contributed by atoms with E-state index in [1.807, 2.05) is 12.1 Å². The molecule has 0 aliphatic rings. The van der Waals surface area contributed by atoms with Crippen molar-refractivity contribution in [2.24, 2.45) is 0 Å². The lowest BCUT2D eigenvalue weighted by Crippen LogP contribution is -2.13. The summed E-state index contributed by atoms with van der Waals surface area (Å²) in [5, 5.41) is 5.87. The second kappa shape index (κ2) is 7.09. The van der Waals surface area contributed by atoms with E-state index in [-0.39, 0.29) is 5.91 Å². The molecule has 1 aromatic carbocycles. The molecule has 2 N–H and O–H groups in total. The minimum Gasteiger partial charge on any atom is -0.497 e. The van der Waals surface area contributed by atoms with Crippen LogP contribution in [0.3, 0.4) is 0 Å². The molecule has 0 atom stereocenters. The van der Waals surface area contributed by atoms with E-state index in [9.17, 15) is 4.79 Å². The predicted molar refractivity (Wildman–Crippen MR) is 83.9 cm³/mol. The van der Waals surface area contributed by atoms with Crippen LogP contribution in [-0.2, 0) is 0 Å². The van der Waals surface area contributed by atoms with Gasteiger partial charge in [0.25, 0.3) is 5.91 Å². The Labute approximate surface area is 123 Å². The fourth-order valence-electron chi connectivity index (χ4n) is 1.72. The van der Waals surface area contributed by atoms with Gasteiger partial charge in [0.15, 0.2) is 0 Å². The highest BCUT2D eigenvalue weighted by molar-refractivity contribution is 6.03. The summed E-state index contributed by atoms with van der Waals surface area (Å²) in [6, 6.07) is 10.6. The van der Waals surface area contributed by atoms with Crippen molar-refractivity contribution in [2.45, 2.75) is 0 Å². The Morgan fingerprint density at radius 3 is 2.86 bits per heavy atom. The van der Waals surface area contributed by atoms with Crippen molar-refractivity contribution in [3.8, 4) is 5.75 Å². The maximum atomic E-state index is 12.1. The molecule has 1 heterocycles. The van der Waals surface area contributed by atoms with Crippen molar-refractivity contribution in [2.75, 3.05) is 24.3 Å². The lowest BCUT2D eigenvalue weighted by Gasteiger charge is -2.07. The monoisotopic (exact) mass is 283 g/mol. The van der Waals surface area contributed by atoms with Crippen LogP contribution in [0.25, 0.3) is 0 Å². The van der Waals surface area contributed by atoms with Gasteiger partial charge in [0.05, 0.1) is 19.0 Å². The quantitative estimate of drug-likeness (QED) is 0.800. The Kier molecular flexibility index (Phi) is 4.93. The van der Waals surface area contributed by atoms with Crippen LogP contribution < -0.4 is 15.4 Å². The minimum atomic E-state index is -0.265. The molecule has 0 aliphatic carbocycles. The molecule has 1 amide bonds. The van der Waals surface area contributed by atoms with Gasteiger partial charge in [-0.2, -0.15) is 0 Å². The second-order valence-electron chi connectivity index (χ2n) is 4.29. The summed E-state index contributed by atoms with van der Waals surface area (Å²) in [4.78, 5) is 16.2. The lowest BCUT2D eigenvalue weighted by molar-refractivity contribution is 0.102. The van der Waals surface area contributed by atoms with Crippen molar-refractivity contribution in [3.63, 3.8) is 0 Å². The fraction of sp³-hybridized carbons (Fsp3) is 0.125. The number of methoxy groups -OCH3 is 1. The van der Waals surface area contributed by atoms with Gasteiger partial charge in [-0.1, -0.05) is 12.1 Å². The number of amides is 1. The van der Waals surface area contributed by atoms with Crippen LogP contribution in [0.1, 0.15) is 10.5 Å². The number of pyridine rings is 1. The first-order valence-electron chi connectivity index (χ1n) is 6.49. The number of anilines is 2. The first kappa shape index (κ1) is 14.6. The summed E-state index contributed by atoms with van der Waals surface area (Å²) in [7, 11) is 1.58. The van der Waals surface area contributed by atoms with Gasteiger partial charge in [0.1, 0.15) is 11.4 Å². The van der Waals surface area contributed by atoms with E-state index in [0.29, 0.717) is 23.7 Å². The van der Waals surface area contributed by atoms with Gasteiger partial charge in [-0.3, -0.25) is 4.79 Å². The maximum Gasteiger partial charge on any atom is 0.274 e. The summed E-state index contributed by atoms with van der Waals surface area (Å²) in [6.45, 7) is 4.28. The molecule has 1 aromatic heterocycles. The normalized spacial score (nSPS) is 9.76. The number of carbonyl (C=O) groups excluding carboxylic acids is 1. The van der Waals surface area contributed by atoms with Crippen molar-refractivity contribution in [1.82, 2.24) is 4.98 Å². The Balaban J connectivity index is 2.03. The molecule has 5 heteroatoms. The SMILES string of the molecule is C=CCNc1ccc(C(=O)Nc2cccc(OC)c2)nc1. The first-order valence-corrected chi connectivity index (χ1v) is 6.49. The van der Waals surface area contributed by atoms with Gasteiger partial charge in [0, 0.05) is 18.3 Å². The number of hydrogen-bond acceptors (Lipinski definition) is 4. The number of rotatable bonds is 6. The molecule has 0 fully saturated rings. The van der Waals surface area contributed by atoms with E-state index in [1.165, 1.54) is 0 Å². The Morgan fingerprint density at radius 2 is 2.19 bits per heavy atom. The third-order valence-corrected chi connectivity index (χ3v) is 2.77. The van der Waals surface area contributed by atoms with Gasteiger partial charge < -0.3 is 15.4 Å². The summed E-state index contributed by atoms with van der Waals surface area (Å²) >= 11 is 0. The molecule has 0 radical (unpaired) electrons. The van der Waals surface area contributed by atoms with Gasteiger partial charge >= 0.3 is 0 Å². The highest BCUT2D eigenvalue weighted by atomic mass is 16.5. The zero-order valence-electron chi connectivity index (χ0n) is 11.8. The van der Waals surface area contributed by atoms with Crippen LogP contribution in [0, 0.1) is 0 Å². The first-order chi connectivity index (χ1) is 10.2. The maximum absolute atomic E-state index is 12.1. The number of aromatic nitrogens is 1. The number of carbonyl (C=O) groups is 1. The molecule has 2 aromatic rings. The molecule has 0 saturated carbocycles. The summed E-state index contributed by atoms with van der Waals surface area (Å²) < 4.78 is 5.11. The standard InChI is InChI=1S/C16H17N3O2/c1-3-9-17-13-7-8-15(18-11-13)16(20)19-12-5-4-6-14(10-12)21-2/h3-8,10-11,17H,1,9H2,2H3,(H,19,20). The van der Waals surface area contributed by atoms with Crippen LogP contribution in [-0.4, -0.2) is 24.5 Å². The molecule has 0 aliphatic heterocycles. The average Bonchev–Trinajstić information content (AvgIpc) is 2.53. The Bertz CT molecular complexity index is 624. The number of nitrogens with one attached hydrogen (secondary N) is 2. The van der Waals surface area contributed by atoms with E-state index in [2.05, 4.69) is 22.2 Å². The molecule has 0 spiro atoms. The van der Waals surface area contributed by atoms with E-state index in [0.717, 1.165) is 5.69 Å². The van der Waals surface area contributed by atoms with Crippen molar-refractivity contribution >= 4 is 17.3 Å². The third-order valence-electron chi connectivity index (χ3n) is 2.77. The fourth-order valence-corrected chi connectivity index (χ4v) is 1.72. The lowest BCUT2D eigenvalue weighted by atomic mass is 10.2. The van der Waals surface area contributed by atoms with Crippen molar-refractivity contribution in [3.05, 3.63) is 60.9 Å². The smallest absolute Gasteiger partial charge is 0.274 e. The zero-order chi connectivity index (χ0) is 15.1. The molecule has 0 bridgehead atoms. The van der Waals surface area contributed by atoms with Crippen LogP contribution in [0.4, 0.5) is 11.4 Å². The molecule has 0 unspecified atom stereocenters. The van der Waals surface area contributed by atoms with Gasteiger partial charge in [-0.25, -0.2) is 4.98 Å². The highest BCUT2D eigenvalue weighted by Crippen LogP contribution is 2.17. The Hall–Kier alpha value is -2.82. The van der Waals surface area contributed by atoms with Gasteiger partial charge in [-0.15, -0.1) is 6.58 Å². The molecule has 0 saturated heterocycles. The number of benzene rings is 1. The second-order valence-corrected chi connectivity index (χ2v) is 4.29. The largest absolute Gasteiger partial charge is 0.497 e. The van der Waals surface area contributed by atoms with Gasteiger partial charge in [-0.05, 0) is 24.3 Å². The summed E-state index contributed by atoms with van der Waals surface area (Å²) in [5.41, 5.74) is 1.85. The van der Waals surface area contributed by atoms with Crippen LogP contribution in [0.15, 0.2) is 55.3 Å². The van der Waals surface area contributed by atoms with Crippen LogP contribution in [0.5, 0.6) is 5.75 Å². The topological polar surface area (TPSA) is 63.2 Å². The van der Waals surface area contributed by atoms with E-state index >= 15 is 0 Å². The number of nitrogens with zero attached hydrogens (tertiary/aromatic N) is 1. The summed E-state index contributed by atoms with van der Waals surface area (Å²) in [6.07, 6.45) is 3.37. The zero-order valence-corrected chi connectivity index (χ0v) is 11.8. The third kappa shape index (κ3) is 4.07. The molecular formula is C16H17N3O2. The van der Waals surface area contributed by atoms with E-state index in [1.54, 1.807) is 43.6 Å². The minimum absolute atomic E-state index is 0.265. The number of ether oxygens (including phenoxy) is 1. The Morgan fingerprint density at radius 1 is 1.33 bits per heavy atom. The molecule has 5 nitrogen and oxygen atoms in total. The van der Waals surface area contributed by atoms with E-state index in [4.69, 9.17) is 4.74 Å². The predicted octanol–water partition coefficient (Wildman–Crippen LogP) is 2.94. The molecule has 108 valence electrons. The number of hydrogen-bond donors (Lipinski definition) is 2. The van der Waals surface area contributed by atoms with Gasteiger partial charge in [0.2, 0.25) is 0 Å². The molecular weight excluding hydrogens is 266 g/mol. The van der Waals surface area contributed by atoms with E-state index < -0.39 is 0 Å². The molecule has 21 heavy (non-hydrogen) atoms. The van der Waals surface area contributed by atoms with Crippen LogP contribution >= 0.6 is 0 Å². The molecule has 2 rings (SSSR count). The van der Waals surface area contributed by atoms with Crippen molar-refractivity contribution in [1.29, 1.82) is 0 Å². The highest BCUT2D eigenvalue weighted by Gasteiger charge is 2.08. The average molecular weight is 283 g/mol.